The summed E-state index contributed by atoms with van der Waals surface area (Å²) in [5.74, 6) is 0.792. The molecule has 0 fully saturated rings. The second-order valence-electron chi connectivity index (χ2n) is 4.11. The molecule has 3 heteroatoms. The van der Waals surface area contributed by atoms with Crippen LogP contribution in [0.15, 0.2) is 24.3 Å². The van der Waals surface area contributed by atoms with Crippen LogP contribution in [-0.4, -0.2) is 24.8 Å². The van der Waals surface area contributed by atoms with Crippen LogP contribution in [-0.2, 0) is 0 Å². The number of aliphatic hydroxyl groups is 1. The first-order chi connectivity index (χ1) is 8.29. The van der Waals surface area contributed by atoms with E-state index in [0.717, 1.165) is 30.7 Å². The minimum atomic E-state index is -0.505. The summed E-state index contributed by atoms with van der Waals surface area (Å²) in [5, 5.41) is 13.3. The zero-order valence-electron chi connectivity index (χ0n) is 10.8. The molecule has 1 aromatic rings. The van der Waals surface area contributed by atoms with Gasteiger partial charge in [-0.05, 0) is 25.5 Å². The summed E-state index contributed by atoms with van der Waals surface area (Å²) >= 11 is 0. The van der Waals surface area contributed by atoms with Crippen LogP contribution in [0.4, 0.5) is 0 Å². The summed E-state index contributed by atoms with van der Waals surface area (Å²) in [4.78, 5) is 0. The Balaban J connectivity index is 2.60. The third kappa shape index (κ3) is 4.75. The molecule has 0 aliphatic carbocycles. The van der Waals surface area contributed by atoms with Gasteiger partial charge in [-0.25, -0.2) is 0 Å². The molecule has 0 radical (unpaired) electrons. The molecule has 2 N–H and O–H groups in total. The summed E-state index contributed by atoms with van der Waals surface area (Å²) in [6.45, 7) is 6.36. The zero-order chi connectivity index (χ0) is 12.5. The summed E-state index contributed by atoms with van der Waals surface area (Å²) in [5.41, 5.74) is 0.865. The monoisotopic (exact) mass is 237 g/mol. The van der Waals surface area contributed by atoms with Gasteiger partial charge in [0.25, 0.3) is 0 Å². The van der Waals surface area contributed by atoms with Crippen molar-refractivity contribution < 1.29 is 9.84 Å². The van der Waals surface area contributed by atoms with Crippen LogP contribution in [0.25, 0.3) is 0 Å². The lowest BCUT2D eigenvalue weighted by molar-refractivity contribution is 0.168. The van der Waals surface area contributed by atoms with E-state index in [9.17, 15) is 5.11 Å². The van der Waals surface area contributed by atoms with E-state index in [1.165, 1.54) is 0 Å². The highest BCUT2D eigenvalue weighted by molar-refractivity contribution is 5.35. The molecule has 0 aliphatic rings. The lowest BCUT2D eigenvalue weighted by atomic mass is 10.1. The van der Waals surface area contributed by atoms with Gasteiger partial charge in [0.05, 0.1) is 12.7 Å². The summed E-state index contributed by atoms with van der Waals surface area (Å²) in [6, 6.07) is 7.69. The number of aliphatic hydroxyl groups excluding tert-OH is 1. The largest absolute Gasteiger partial charge is 0.493 e. The third-order valence-electron chi connectivity index (χ3n) is 2.50. The Hall–Kier alpha value is -1.06. The van der Waals surface area contributed by atoms with Crippen LogP contribution in [0.1, 0.15) is 38.4 Å². The van der Waals surface area contributed by atoms with Gasteiger partial charge in [0.15, 0.2) is 0 Å². The fourth-order valence-corrected chi connectivity index (χ4v) is 1.62. The second-order valence-corrected chi connectivity index (χ2v) is 4.11. The average Bonchev–Trinajstić information content (AvgIpc) is 2.37. The molecule has 0 heterocycles. The van der Waals surface area contributed by atoms with Crippen LogP contribution < -0.4 is 10.1 Å². The Morgan fingerprint density at radius 2 is 2.00 bits per heavy atom. The highest BCUT2D eigenvalue weighted by atomic mass is 16.5. The summed E-state index contributed by atoms with van der Waals surface area (Å²) < 4.78 is 5.63. The number of hydrogen-bond donors (Lipinski definition) is 2. The molecule has 96 valence electrons. The van der Waals surface area contributed by atoms with E-state index in [4.69, 9.17) is 4.74 Å². The van der Waals surface area contributed by atoms with Crippen molar-refractivity contribution in [3.8, 4) is 5.75 Å². The Morgan fingerprint density at radius 3 is 2.71 bits per heavy atom. The van der Waals surface area contributed by atoms with Gasteiger partial charge in [-0.15, -0.1) is 0 Å². The lowest BCUT2D eigenvalue weighted by Gasteiger charge is -2.16. The van der Waals surface area contributed by atoms with Crippen molar-refractivity contribution in [2.45, 2.75) is 32.8 Å². The topological polar surface area (TPSA) is 41.5 Å². The molecule has 17 heavy (non-hydrogen) atoms. The van der Waals surface area contributed by atoms with E-state index in [2.05, 4.69) is 19.2 Å². The smallest absolute Gasteiger partial charge is 0.125 e. The van der Waals surface area contributed by atoms with Crippen molar-refractivity contribution >= 4 is 0 Å². The lowest BCUT2D eigenvalue weighted by Crippen LogP contribution is -2.22. The molecule has 0 saturated heterocycles. The number of benzene rings is 1. The number of rotatable bonds is 8. The van der Waals surface area contributed by atoms with Gasteiger partial charge in [0, 0.05) is 12.1 Å². The van der Waals surface area contributed by atoms with Gasteiger partial charge in [-0.1, -0.05) is 32.0 Å². The third-order valence-corrected chi connectivity index (χ3v) is 2.50. The normalized spacial score (nSPS) is 12.4. The molecule has 0 amide bonds. The number of hydrogen-bond acceptors (Lipinski definition) is 3. The first-order valence-corrected chi connectivity index (χ1v) is 6.40. The van der Waals surface area contributed by atoms with Crippen LogP contribution in [0, 0.1) is 0 Å². The molecule has 1 rings (SSSR count). The van der Waals surface area contributed by atoms with Crippen molar-refractivity contribution in [2.75, 3.05) is 19.7 Å². The zero-order valence-corrected chi connectivity index (χ0v) is 10.8. The summed E-state index contributed by atoms with van der Waals surface area (Å²) in [7, 11) is 0. The molecule has 0 aliphatic heterocycles. The number of ether oxygens (including phenoxy) is 1. The summed E-state index contributed by atoms with van der Waals surface area (Å²) in [6.07, 6.45) is 1.54. The first kappa shape index (κ1) is 14.0. The quantitative estimate of drug-likeness (QED) is 0.683. The molecule has 0 spiro atoms. The Kier molecular flexibility index (Phi) is 6.67. The highest BCUT2D eigenvalue weighted by Crippen LogP contribution is 2.24. The standard InChI is InChI=1S/C14H23NO2/c1-3-9-15-11-13(16)12-7-5-6-8-14(12)17-10-4-2/h5-8,13,15-16H,3-4,9-11H2,1-2H3. The average molecular weight is 237 g/mol. The molecule has 0 aromatic heterocycles. The van der Waals surface area contributed by atoms with Crippen LogP contribution >= 0.6 is 0 Å². The first-order valence-electron chi connectivity index (χ1n) is 6.40. The van der Waals surface area contributed by atoms with Gasteiger partial charge in [0.2, 0.25) is 0 Å². The van der Waals surface area contributed by atoms with Crippen molar-refractivity contribution in [1.29, 1.82) is 0 Å². The minimum absolute atomic E-state index is 0.505. The molecule has 0 saturated carbocycles. The minimum Gasteiger partial charge on any atom is -0.493 e. The second kappa shape index (κ2) is 8.09. The van der Waals surface area contributed by atoms with E-state index in [0.29, 0.717) is 13.2 Å². The SMILES string of the molecule is CCCNCC(O)c1ccccc1OCCC. The fraction of sp³-hybridized carbons (Fsp3) is 0.571. The Morgan fingerprint density at radius 1 is 1.24 bits per heavy atom. The molecule has 1 unspecified atom stereocenters. The molecule has 0 bridgehead atoms. The van der Waals surface area contributed by atoms with Gasteiger partial charge in [-0.2, -0.15) is 0 Å². The van der Waals surface area contributed by atoms with E-state index < -0.39 is 6.10 Å². The molecule has 3 nitrogen and oxygen atoms in total. The Bertz CT molecular complexity index is 315. The van der Waals surface area contributed by atoms with Crippen LogP contribution in [0.3, 0.4) is 0 Å². The molecule has 1 aromatic carbocycles. The maximum atomic E-state index is 10.1. The fourth-order valence-electron chi connectivity index (χ4n) is 1.62. The van der Waals surface area contributed by atoms with Crippen molar-refractivity contribution in [3.63, 3.8) is 0 Å². The highest BCUT2D eigenvalue weighted by Gasteiger charge is 2.12. The molecule has 1 atom stereocenters. The van der Waals surface area contributed by atoms with Crippen molar-refractivity contribution in [1.82, 2.24) is 5.32 Å². The number of para-hydroxylation sites is 1. The van der Waals surface area contributed by atoms with Crippen LogP contribution in [0.5, 0.6) is 5.75 Å². The Labute approximate surface area is 104 Å². The van der Waals surface area contributed by atoms with Gasteiger partial charge in [-0.3, -0.25) is 0 Å². The molecular weight excluding hydrogens is 214 g/mol. The van der Waals surface area contributed by atoms with E-state index in [1.54, 1.807) is 0 Å². The van der Waals surface area contributed by atoms with E-state index in [1.807, 2.05) is 24.3 Å². The predicted octanol–water partition coefficient (Wildman–Crippen LogP) is 2.51. The number of nitrogens with one attached hydrogen (secondary N) is 1. The van der Waals surface area contributed by atoms with Gasteiger partial charge in [0.1, 0.15) is 5.75 Å². The maximum absolute atomic E-state index is 10.1. The van der Waals surface area contributed by atoms with Crippen molar-refractivity contribution in [3.05, 3.63) is 29.8 Å². The van der Waals surface area contributed by atoms with Gasteiger partial charge >= 0.3 is 0 Å². The molecular formula is C14H23NO2. The maximum Gasteiger partial charge on any atom is 0.125 e. The van der Waals surface area contributed by atoms with Gasteiger partial charge < -0.3 is 15.2 Å². The van der Waals surface area contributed by atoms with Crippen molar-refractivity contribution in [2.24, 2.45) is 0 Å². The predicted molar refractivity (Wildman–Crippen MR) is 70.3 cm³/mol. The van der Waals surface area contributed by atoms with Crippen LogP contribution in [0.2, 0.25) is 0 Å². The van der Waals surface area contributed by atoms with E-state index in [-0.39, 0.29) is 0 Å². The van der Waals surface area contributed by atoms with E-state index >= 15 is 0 Å².